The number of aromatic nitrogens is 1. The number of carbonyl (C=O) groups is 2. The Morgan fingerprint density at radius 2 is 1.73 bits per heavy atom. The van der Waals surface area contributed by atoms with Gasteiger partial charge in [0.2, 0.25) is 5.89 Å². The van der Waals surface area contributed by atoms with Crippen molar-refractivity contribution < 1.29 is 23.5 Å². The van der Waals surface area contributed by atoms with E-state index in [4.69, 9.17) is 13.9 Å². The van der Waals surface area contributed by atoms with Crippen LogP contribution in [0, 0.1) is 11.8 Å². The number of ether oxygens (including phenoxy) is 2. The highest BCUT2D eigenvalue weighted by Crippen LogP contribution is 2.28. The first-order valence-corrected chi connectivity index (χ1v) is 12.4. The van der Waals surface area contributed by atoms with Gasteiger partial charge < -0.3 is 23.6 Å². The van der Waals surface area contributed by atoms with Crippen LogP contribution in [0.25, 0.3) is 11.5 Å². The standard InChI is InChI=1S/C30H28N2O5/c33-21-25-20-32(30(34)37-26-11-5-2-6-12-26)19-24(25)16-22-8-7-13-27(17-22)35-15-14-28-18-31-29(36-28)23-9-3-1-4-10-23/h1-13,17-18,21,24-25H,14-16,19-20H2/t24-,25-/m1/s1. The maximum Gasteiger partial charge on any atom is 0.415 e. The molecule has 3 aromatic carbocycles. The number of carbonyl (C=O) groups excluding carboxylic acids is 2. The molecular weight excluding hydrogens is 468 g/mol. The van der Waals surface area contributed by atoms with Crippen molar-refractivity contribution in [3.8, 4) is 23.0 Å². The van der Waals surface area contributed by atoms with Gasteiger partial charge in [-0.1, -0.05) is 48.5 Å². The molecule has 0 spiro atoms. The molecule has 0 N–H and O–H groups in total. The Kier molecular flexibility index (Phi) is 7.60. The molecule has 0 radical (unpaired) electrons. The zero-order valence-electron chi connectivity index (χ0n) is 20.4. The third-order valence-corrected chi connectivity index (χ3v) is 6.46. The highest BCUT2D eigenvalue weighted by molar-refractivity contribution is 5.72. The number of amides is 1. The summed E-state index contributed by atoms with van der Waals surface area (Å²) in [5.74, 6) is 2.38. The van der Waals surface area contributed by atoms with E-state index in [0.717, 1.165) is 28.9 Å². The third kappa shape index (κ3) is 6.25. The molecule has 2 heterocycles. The first-order chi connectivity index (χ1) is 18.2. The molecule has 1 aliphatic rings. The number of para-hydroxylation sites is 1. The topological polar surface area (TPSA) is 81.9 Å². The van der Waals surface area contributed by atoms with E-state index in [1.807, 2.05) is 72.8 Å². The normalized spacial score (nSPS) is 16.9. The Morgan fingerprint density at radius 3 is 2.51 bits per heavy atom. The molecule has 4 aromatic rings. The second-order valence-corrected chi connectivity index (χ2v) is 9.09. The fourth-order valence-electron chi connectivity index (χ4n) is 4.54. The minimum absolute atomic E-state index is 0.0154. The highest BCUT2D eigenvalue weighted by Gasteiger charge is 2.36. The highest BCUT2D eigenvalue weighted by atomic mass is 16.6. The van der Waals surface area contributed by atoms with Crippen LogP contribution in [0.3, 0.4) is 0 Å². The Labute approximate surface area is 215 Å². The van der Waals surface area contributed by atoms with E-state index < -0.39 is 6.09 Å². The van der Waals surface area contributed by atoms with E-state index in [0.29, 0.717) is 44.2 Å². The van der Waals surface area contributed by atoms with Crippen LogP contribution in [0.4, 0.5) is 4.79 Å². The van der Waals surface area contributed by atoms with Crippen LogP contribution in [0.5, 0.6) is 11.5 Å². The number of hydrogen-bond donors (Lipinski definition) is 0. The molecular formula is C30H28N2O5. The minimum atomic E-state index is -0.430. The number of benzene rings is 3. The first kappa shape index (κ1) is 24.3. The molecule has 1 aliphatic heterocycles. The van der Waals surface area contributed by atoms with E-state index in [2.05, 4.69) is 4.98 Å². The van der Waals surface area contributed by atoms with Crippen molar-refractivity contribution in [2.45, 2.75) is 12.8 Å². The summed E-state index contributed by atoms with van der Waals surface area (Å²) in [6.07, 6.45) is 3.51. The molecule has 7 nitrogen and oxygen atoms in total. The van der Waals surface area contributed by atoms with Gasteiger partial charge in [0.15, 0.2) is 0 Å². The zero-order valence-corrected chi connectivity index (χ0v) is 20.4. The minimum Gasteiger partial charge on any atom is -0.493 e. The molecule has 2 atom stereocenters. The zero-order chi connectivity index (χ0) is 25.5. The predicted molar refractivity (Wildman–Crippen MR) is 138 cm³/mol. The van der Waals surface area contributed by atoms with E-state index in [9.17, 15) is 9.59 Å². The van der Waals surface area contributed by atoms with Gasteiger partial charge in [0, 0.05) is 31.0 Å². The molecule has 0 bridgehead atoms. The van der Waals surface area contributed by atoms with Gasteiger partial charge >= 0.3 is 6.09 Å². The van der Waals surface area contributed by atoms with Crippen molar-refractivity contribution in [1.29, 1.82) is 0 Å². The second-order valence-electron chi connectivity index (χ2n) is 9.09. The van der Waals surface area contributed by atoms with Crippen LogP contribution in [0.2, 0.25) is 0 Å². The second kappa shape index (κ2) is 11.6. The first-order valence-electron chi connectivity index (χ1n) is 12.4. The molecule has 0 aliphatic carbocycles. The van der Waals surface area contributed by atoms with E-state index in [1.54, 1.807) is 23.2 Å². The number of oxazole rings is 1. The Hall–Kier alpha value is -4.39. The lowest BCUT2D eigenvalue weighted by Crippen LogP contribution is -2.32. The number of likely N-dealkylation sites (tertiary alicyclic amines) is 1. The predicted octanol–water partition coefficient (Wildman–Crippen LogP) is 5.45. The number of aldehydes is 1. The SMILES string of the molecule is O=C[C@H]1CN(C(=O)Oc2ccccc2)C[C@H]1Cc1cccc(OCCc2cnc(-c3ccccc3)o2)c1. The summed E-state index contributed by atoms with van der Waals surface area (Å²) >= 11 is 0. The van der Waals surface area contributed by atoms with Crippen LogP contribution in [-0.4, -0.2) is 42.0 Å². The average molecular weight is 497 g/mol. The fourth-order valence-corrected chi connectivity index (χ4v) is 4.54. The molecule has 37 heavy (non-hydrogen) atoms. The lowest BCUT2D eigenvalue weighted by Gasteiger charge is -2.16. The molecule has 1 fully saturated rings. The maximum absolute atomic E-state index is 12.6. The molecule has 1 saturated heterocycles. The van der Waals surface area contributed by atoms with Crippen LogP contribution in [-0.2, 0) is 17.6 Å². The molecule has 1 amide bonds. The molecule has 1 aromatic heterocycles. The van der Waals surface area contributed by atoms with Crippen LogP contribution in [0.15, 0.2) is 95.5 Å². The van der Waals surface area contributed by atoms with Crippen molar-refractivity contribution >= 4 is 12.4 Å². The molecule has 7 heteroatoms. The van der Waals surface area contributed by atoms with Gasteiger partial charge in [-0.05, 0) is 54.3 Å². The van der Waals surface area contributed by atoms with E-state index in [1.165, 1.54) is 0 Å². The number of hydrogen-bond acceptors (Lipinski definition) is 6. The summed E-state index contributed by atoms with van der Waals surface area (Å²) in [5, 5.41) is 0. The van der Waals surface area contributed by atoms with E-state index >= 15 is 0 Å². The van der Waals surface area contributed by atoms with Crippen LogP contribution < -0.4 is 9.47 Å². The third-order valence-electron chi connectivity index (χ3n) is 6.46. The van der Waals surface area contributed by atoms with Crippen LogP contribution in [0.1, 0.15) is 11.3 Å². The van der Waals surface area contributed by atoms with Gasteiger partial charge in [0.05, 0.1) is 12.8 Å². The summed E-state index contributed by atoms with van der Waals surface area (Å²) in [5.41, 5.74) is 1.99. The monoisotopic (exact) mass is 496 g/mol. The lowest BCUT2D eigenvalue weighted by molar-refractivity contribution is -0.111. The number of rotatable bonds is 9. The van der Waals surface area contributed by atoms with Gasteiger partial charge in [-0.3, -0.25) is 0 Å². The lowest BCUT2D eigenvalue weighted by atomic mass is 9.91. The largest absolute Gasteiger partial charge is 0.493 e. The summed E-state index contributed by atoms with van der Waals surface area (Å²) in [7, 11) is 0. The fraction of sp³-hybridized carbons (Fsp3) is 0.233. The molecule has 0 saturated carbocycles. The number of nitrogens with zero attached hydrogens (tertiary/aromatic N) is 2. The van der Waals surface area contributed by atoms with Gasteiger partial charge in [-0.15, -0.1) is 0 Å². The van der Waals surface area contributed by atoms with Gasteiger partial charge in [-0.2, -0.15) is 0 Å². The van der Waals surface area contributed by atoms with Gasteiger partial charge in [-0.25, -0.2) is 9.78 Å². The van der Waals surface area contributed by atoms with E-state index in [-0.39, 0.29) is 11.8 Å². The molecule has 188 valence electrons. The van der Waals surface area contributed by atoms with Gasteiger partial charge in [0.25, 0.3) is 0 Å². The molecule has 5 rings (SSSR count). The average Bonchev–Trinajstić information content (AvgIpc) is 3.57. The smallest absolute Gasteiger partial charge is 0.415 e. The quantitative estimate of drug-likeness (QED) is 0.287. The summed E-state index contributed by atoms with van der Waals surface area (Å²) in [6, 6.07) is 26.6. The Bertz CT molecular complexity index is 1320. The molecule has 0 unspecified atom stereocenters. The van der Waals surface area contributed by atoms with Crippen molar-refractivity contribution in [1.82, 2.24) is 9.88 Å². The summed E-state index contributed by atoms with van der Waals surface area (Å²) in [6.45, 7) is 1.28. The summed E-state index contributed by atoms with van der Waals surface area (Å²) in [4.78, 5) is 30.3. The maximum atomic E-state index is 12.6. The van der Waals surface area contributed by atoms with Crippen molar-refractivity contribution in [2.75, 3.05) is 19.7 Å². The van der Waals surface area contributed by atoms with Crippen molar-refractivity contribution in [3.63, 3.8) is 0 Å². The van der Waals surface area contributed by atoms with Crippen molar-refractivity contribution in [2.24, 2.45) is 11.8 Å². The Balaban J connectivity index is 1.14. The van der Waals surface area contributed by atoms with Gasteiger partial charge in [0.1, 0.15) is 23.5 Å². The van der Waals surface area contributed by atoms with Crippen LogP contribution >= 0.6 is 0 Å². The Morgan fingerprint density at radius 1 is 0.973 bits per heavy atom. The van der Waals surface area contributed by atoms with Crippen molar-refractivity contribution in [3.05, 3.63) is 102 Å². The summed E-state index contributed by atoms with van der Waals surface area (Å²) < 4.78 is 17.3.